The predicted molar refractivity (Wildman–Crippen MR) is 58.2 cm³/mol. The zero-order chi connectivity index (χ0) is 11.1. The van der Waals surface area contributed by atoms with E-state index in [0.29, 0.717) is 5.57 Å². The maximum Gasteiger partial charge on any atom is 0.333 e. The summed E-state index contributed by atoms with van der Waals surface area (Å²) in [5, 5.41) is 8.93. The Morgan fingerprint density at radius 3 is 2.00 bits per heavy atom. The summed E-state index contributed by atoms with van der Waals surface area (Å²) in [6.45, 7) is 9.60. The third-order valence-electron chi connectivity index (χ3n) is 2.39. The van der Waals surface area contributed by atoms with E-state index in [1.807, 2.05) is 13.8 Å². The van der Waals surface area contributed by atoms with Gasteiger partial charge in [-0.15, -0.1) is 0 Å². The van der Waals surface area contributed by atoms with Gasteiger partial charge in [-0.25, -0.2) is 4.79 Å². The standard InChI is InChI=1S/C11H21NO2/c1-5-8-10(9(4)11(13)14)12(6-2)7-3/h5-8H2,1-4H3,(H,13,14). The summed E-state index contributed by atoms with van der Waals surface area (Å²) in [5.74, 6) is -0.805. The molecular weight excluding hydrogens is 178 g/mol. The van der Waals surface area contributed by atoms with Crippen molar-refractivity contribution in [1.29, 1.82) is 0 Å². The number of allylic oxidation sites excluding steroid dienone is 1. The van der Waals surface area contributed by atoms with Gasteiger partial charge in [-0.1, -0.05) is 13.3 Å². The maximum absolute atomic E-state index is 10.9. The Bertz CT molecular complexity index is 217. The summed E-state index contributed by atoms with van der Waals surface area (Å²) in [7, 11) is 0. The molecule has 0 aliphatic carbocycles. The molecule has 1 N–H and O–H groups in total. The van der Waals surface area contributed by atoms with Crippen LogP contribution < -0.4 is 0 Å². The van der Waals surface area contributed by atoms with E-state index in [-0.39, 0.29) is 0 Å². The van der Waals surface area contributed by atoms with Gasteiger partial charge in [-0.2, -0.15) is 0 Å². The lowest BCUT2D eigenvalue weighted by atomic mass is 10.1. The minimum absolute atomic E-state index is 0.482. The molecule has 14 heavy (non-hydrogen) atoms. The van der Waals surface area contributed by atoms with Gasteiger partial charge in [-0.05, 0) is 27.2 Å². The summed E-state index contributed by atoms with van der Waals surface area (Å²) in [6.07, 6.45) is 1.83. The highest BCUT2D eigenvalue weighted by atomic mass is 16.4. The van der Waals surface area contributed by atoms with Crippen LogP contribution in [0.1, 0.15) is 40.5 Å². The van der Waals surface area contributed by atoms with Crippen molar-refractivity contribution in [3.63, 3.8) is 0 Å². The van der Waals surface area contributed by atoms with Crippen molar-refractivity contribution in [1.82, 2.24) is 4.90 Å². The highest BCUT2D eigenvalue weighted by Gasteiger charge is 2.12. The number of carboxylic acids is 1. The molecule has 0 aliphatic rings. The number of rotatable bonds is 6. The second-order valence-electron chi connectivity index (χ2n) is 3.30. The van der Waals surface area contributed by atoms with Gasteiger partial charge in [0.25, 0.3) is 0 Å². The first kappa shape index (κ1) is 13.0. The molecule has 0 spiro atoms. The molecule has 0 aromatic heterocycles. The number of aliphatic carboxylic acids is 1. The van der Waals surface area contributed by atoms with E-state index in [9.17, 15) is 4.79 Å². The van der Waals surface area contributed by atoms with Gasteiger partial charge in [0.2, 0.25) is 0 Å². The van der Waals surface area contributed by atoms with Gasteiger partial charge >= 0.3 is 5.97 Å². The van der Waals surface area contributed by atoms with Gasteiger partial charge in [0.05, 0.1) is 5.57 Å². The Kier molecular flexibility index (Phi) is 6.00. The normalized spacial score (nSPS) is 12.3. The lowest BCUT2D eigenvalue weighted by Crippen LogP contribution is -2.24. The predicted octanol–water partition coefficient (Wildman–Crippen LogP) is 2.49. The average molecular weight is 199 g/mol. The third-order valence-corrected chi connectivity index (χ3v) is 2.39. The Labute approximate surface area is 86.4 Å². The Morgan fingerprint density at radius 2 is 1.71 bits per heavy atom. The lowest BCUT2D eigenvalue weighted by Gasteiger charge is -2.25. The second kappa shape index (κ2) is 6.46. The van der Waals surface area contributed by atoms with Crippen LogP contribution in [0.25, 0.3) is 0 Å². The van der Waals surface area contributed by atoms with E-state index in [4.69, 9.17) is 5.11 Å². The fourth-order valence-electron chi connectivity index (χ4n) is 1.55. The minimum Gasteiger partial charge on any atom is -0.478 e. The van der Waals surface area contributed by atoms with E-state index in [1.54, 1.807) is 6.92 Å². The van der Waals surface area contributed by atoms with Crippen LogP contribution in [0.3, 0.4) is 0 Å². The molecule has 82 valence electrons. The number of hydrogen-bond acceptors (Lipinski definition) is 2. The number of carboxylic acid groups (broad SMARTS) is 1. The molecular formula is C11H21NO2. The van der Waals surface area contributed by atoms with Crippen LogP contribution in [0.15, 0.2) is 11.3 Å². The van der Waals surface area contributed by atoms with Crippen LogP contribution in [0.5, 0.6) is 0 Å². The SMILES string of the molecule is CCCC(=C(C)C(=O)O)N(CC)CC. The monoisotopic (exact) mass is 199 g/mol. The molecule has 3 nitrogen and oxygen atoms in total. The van der Waals surface area contributed by atoms with E-state index in [0.717, 1.165) is 31.6 Å². The van der Waals surface area contributed by atoms with Crippen LogP contribution in [-0.2, 0) is 4.79 Å². The molecule has 3 heteroatoms. The highest BCUT2D eigenvalue weighted by molar-refractivity contribution is 5.86. The molecule has 0 atom stereocenters. The largest absolute Gasteiger partial charge is 0.478 e. The first-order valence-electron chi connectivity index (χ1n) is 5.26. The van der Waals surface area contributed by atoms with E-state index in [1.165, 1.54) is 0 Å². The first-order chi connectivity index (χ1) is 6.58. The number of carbonyl (C=O) groups is 1. The molecule has 0 saturated heterocycles. The fourth-order valence-corrected chi connectivity index (χ4v) is 1.55. The van der Waals surface area contributed by atoms with Crippen LogP contribution in [0.4, 0.5) is 0 Å². The maximum atomic E-state index is 10.9. The summed E-state index contributed by atoms with van der Waals surface area (Å²) in [4.78, 5) is 13.0. The Balaban J connectivity index is 4.89. The zero-order valence-electron chi connectivity index (χ0n) is 9.63. The van der Waals surface area contributed by atoms with Crippen molar-refractivity contribution in [3.8, 4) is 0 Å². The van der Waals surface area contributed by atoms with Crippen LogP contribution in [-0.4, -0.2) is 29.1 Å². The zero-order valence-corrected chi connectivity index (χ0v) is 9.63. The van der Waals surface area contributed by atoms with Crippen molar-refractivity contribution in [2.75, 3.05) is 13.1 Å². The van der Waals surface area contributed by atoms with Crippen molar-refractivity contribution in [2.45, 2.75) is 40.5 Å². The van der Waals surface area contributed by atoms with Crippen molar-refractivity contribution < 1.29 is 9.90 Å². The molecule has 0 bridgehead atoms. The summed E-state index contributed by atoms with van der Waals surface area (Å²) < 4.78 is 0. The molecule has 0 fully saturated rings. The molecule has 0 radical (unpaired) electrons. The smallest absolute Gasteiger partial charge is 0.333 e. The van der Waals surface area contributed by atoms with Gasteiger partial charge in [0.1, 0.15) is 0 Å². The second-order valence-corrected chi connectivity index (χ2v) is 3.30. The average Bonchev–Trinajstić information content (AvgIpc) is 2.17. The fraction of sp³-hybridized carbons (Fsp3) is 0.727. The topological polar surface area (TPSA) is 40.5 Å². The van der Waals surface area contributed by atoms with E-state index in [2.05, 4.69) is 11.8 Å². The highest BCUT2D eigenvalue weighted by Crippen LogP contribution is 2.16. The van der Waals surface area contributed by atoms with E-state index >= 15 is 0 Å². The number of hydrogen-bond donors (Lipinski definition) is 1. The molecule has 0 aliphatic heterocycles. The summed E-state index contributed by atoms with van der Waals surface area (Å²) in [5.41, 5.74) is 1.46. The van der Waals surface area contributed by atoms with Gasteiger partial charge in [0, 0.05) is 18.8 Å². The quantitative estimate of drug-likeness (QED) is 0.668. The van der Waals surface area contributed by atoms with Crippen LogP contribution in [0, 0.1) is 0 Å². The summed E-state index contributed by atoms with van der Waals surface area (Å²) >= 11 is 0. The van der Waals surface area contributed by atoms with Crippen molar-refractivity contribution >= 4 is 5.97 Å². The van der Waals surface area contributed by atoms with Crippen LogP contribution >= 0.6 is 0 Å². The molecule has 0 amide bonds. The van der Waals surface area contributed by atoms with E-state index < -0.39 is 5.97 Å². The van der Waals surface area contributed by atoms with Crippen LogP contribution in [0.2, 0.25) is 0 Å². The molecule has 0 aromatic rings. The minimum atomic E-state index is -0.805. The summed E-state index contributed by atoms with van der Waals surface area (Å²) in [6, 6.07) is 0. The molecule has 0 aromatic carbocycles. The van der Waals surface area contributed by atoms with Crippen molar-refractivity contribution in [3.05, 3.63) is 11.3 Å². The van der Waals surface area contributed by atoms with Gasteiger partial charge in [0.15, 0.2) is 0 Å². The molecule has 0 rings (SSSR count). The molecule has 0 saturated carbocycles. The Morgan fingerprint density at radius 1 is 1.21 bits per heavy atom. The first-order valence-corrected chi connectivity index (χ1v) is 5.26. The number of nitrogens with zero attached hydrogens (tertiary/aromatic N) is 1. The molecule has 0 unspecified atom stereocenters. The van der Waals surface area contributed by atoms with Crippen molar-refractivity contribution in [2.24, 2.45) is 0 Å². The molecule has 0 heterocycles. The Hall–Kier alpha value is -0.990. The third kappa shape index (κ3) is 3.40. The lowest BCUT2D eigenvalue weighted by molar-refractivity contribution is -0.132. The van der Waals surface area contributed by atoms with Gasteiger partial charge < -0.3 is 10.0 Å². The van der Waals surface area contributed by atoms with Gasteiger partial charge in [-0.3, -0.25) is 0 Å².